The van der Waals surface area contributed by atoms with Gasteiger partial charge in [0, 0.05) is 12.6 Å². The van der Waals surface area contributed by atoms with Crippen LogP contribution in [0.4, 0.5) is 4.79 Å². The molecule has 180 valence electrons. The first-order valence-corrected chi connectivity index (χ1v) is 11.6. The molecule has 0 bridgehead atoms. The molecular formula is C25H41N3O4. The second-order valence-corrected chi connectivity index (χ2v) is 9.36. The summed E-state index contributed by atoms with van der Waals surface area (Å²) in [5, 5.41) is 5.68. The van der Waals surface area contributed by atoms with Gasteiger partial charge in [0.15, 0.2) is 0 Å². The molecule has 1 aromatic rings. The third-order valence-corrected chi connectivity index (χ3v) is 5.00. The van der Waals surface area contributed by atoms with E-state index in [0.717, 1.165) is 24.0 Å². The molecule has 0 fully saturated rings. The third kappa shape index (κ3) is 8.52. The molecule has 7 heteroatoms. The number of rotatable bonds is 10. The number of nitrogens with one attached hydrogen (secondary N) is 2. The summed E-state index contributed by atoms with van der Waals surface area (Å²) >= 11 is 0. The van der Waals surface area contributed by atoms with E-state index in [9.17, 15) is 14.4 Å². The van der Waals surface area contributed by atoms with Crippen LogP contribution in [0, 0.1) is 6.92 Å². The van der Waals surface area contributed by atoms with Crippen LogP contribution in [0.3, 0.4) is 0 Å². The average molecular weight is 448 g/mol. The standard InChI is InChI=1S/C25H41N3O4/c1-9-13-18(4)26-22(29)21(20-15-12-11-14-17(20)3)28(16-10-2)23(30)19(5)27-24(31)32-25(6,7)8/h11-12,14-15,18-19,21H,9-10,13,16H2,1-8H3,(H,26,29)(H,27,31). The Hall–Kier alpha value is -2.57. The highest BCUT2D eigenvalue weighted by Gasteiger charge is 2.35. The predicted octanol–water partition coefficient (Wildman–Crippen LogP) is 4.49. The monoisotopic (exact) mass is 447 g/mol. The Kier molecular flexibility index (Phi) is 10.7. The van der Waals surface area contributed by atoms with E-state index in [4.69, 9.17) is 4.74 Å². The summed E-state index contributed by atoms with van der Waals surface area (Å²) in [6.07, 6.45) is 1.81. The van der Waals surface area contributed by atoms with Gasteiger partial charge in [-0.2, -0.15) is 0 Å². The molecule has 3 atom stereocenters. The number of hydrogen-bond donors (Lipinski definition) is 2. The molecule has 0 aliphatic carbocycles. The molecule has 0 aliphatic rings. The molecule has 7 nitrogen and oxygen atoms in total. The molecule has 0 radical (unpaired) electrons. The Balaban J connectivity index is 3.25. The van der Waals surface area contributed by atoms with Gasteiger partial charge in [0.1, 0.15) is 17.7 Å². The van der Waals surface area contributed by atoms with Gasteiger partial charge < -0.3 is 20.3 Å². The van der Waals surface area contributed by atoms with Crippen LogP contribution in [0.1, 0.15) is 84.9 Å². The summed E-state index contributed by atoms with van der Waals surface area (Å²) in [7, 11) is 0. The van der Waals surface area contributed by atoms with E-state index >= 15 is 0 Å². The topological polar surface area (TPSA) is 87.7 Å². The summed E-state index contributed by atoms with van der Waals surface area (Å²) in [5.74, 6) is -0.546. The Morgan fingerprint density at radius 2 is 1.66 bits per heavy atom. The lowest BCUT2D eigenvalue weighted by Crippen LogP contribution is -2.53. The number of ether oxygens (including phenoxy) is 1. The highest BCUT2D eigenvalue weighted by Crippen LogP contribution is 2.26. The zero-order valence-electron chi connectivity index (χ0n) is 21.0. The van der Waals surface area contributed by atoms with Crippen molar-refractivity contribution in [2.24, 2.45) is 0 Å². The quantitative estimate of drug-likeness (QED) is 0.553. The number of carbonyl (C=O) groups is 3. The average Bonchev–Trinajstić information content (AvgIpc) is 2.66. The lowest BCUT2D eigenvalue weighted by molar-refractivity contribution is -0.142. The van der Waals surface area contributed by atoms with Gasteiger partial charge in [0.2, 0.25) is 11.8 Å². The molecule has 32 heavy (non-hydrogen) atoms. The van der Waals surface area contributed by atoms with Gasteiger partial charge in [-0.25, -0.2) is 4.79 Å². The smallest absolute Gasteiger partial charge is 0.408 e. The van der Waals surface area contributed by atoms with E-state index in [0.29, 0.717) is 13.0 Å². The van der Waals surface area contributed by atoms with E-state index < -0.39 is 23.8 Å². The lowest BCUT2D eigenvalue weighted by Gasteiger charge is -2.34. The maximum Gasteiger partial charge on any atom is 0.408 e. The Morgan fingerprint density at radius 1 is 1.03 bits per heavy atom. The van der Waals surface area contributed by atoms with Crippen molar-refractivity contribution >= 4 is 17.9 Å². The molecule has 0 heterocycles. The molecule has 2 N–H and O–H groups in total. The maximum absolute atomic E-state index is 13.5. The van der Waals surface area contributed by atoms with Crippen LogP contribution in [0.2, 0.25) is 0 Å². The Labute approximate surface area is 193 Å². The first-order valence-electron chi connectivity index (χ1n) is 11.6. The SMILES string of the molecule is CCCC(C)NC(=O)C(c1ccccc1C)N(CCC)C(=O)C(C)NC(=O)OC(C)(C)C. The van der Waals surface area contributed by atoms with Crippen LogP contribution in [0.5, 0.6) is 0 Å². The number of aryl methyl sites for hydroxylation is 1. The second-order valence-electron chi connectivity index (χ2n) is 9.36. The van der Waals surface area contributed by atoms with Crippen molar-refractivity contribution < 1.29 is 19.1 Å². The van der Waals surface area contributed by atoms with Gasteiger partial charge in [-0.1, -0.05) is 44.5 Å². The molecule has 0 spiro atoms. The van der Waals surface area contributed by atoms with Gasteiger partial charge in [-0.3, -0.25) is 9.59 Å². The molecule has 0 saturated heterocycles. The van der Waals surface area contributed by atoms with Gasteiger partial charge in [0.25, 0.3) is 0 Å². The Morgan fingerprint density at radius 3 is 2.19 bits per heavy atom. The third-order valence-electron chi connectivity index (χ3n) is 5.00. The molecule has 0 aromatic heterocycles. The van der Waals surface area contributed by atoms with Crippen molar-refractivity contribution in [1.29, 1.82) is 0 Å². The predicted molar refractivity (Wildman–Crippen MR) is 127 cm³/mol. The van der Waals surface area contributed by atoms with Crippen LogP contribution in [-0.4, -0.2) is 47.0 Å². The molecule has 1 aromatic carbocycles. The van der Waals surface area contributed by atoms with E-state index in [1.807, 2.05) is 45.0 Å². The summed E-state index contributed by atoms with van der Waals surface area (Å²) in [5.41, 5.74) is 1.03. The number of hydrogen-bond acceptors (Lipinski definition) is 4. The molecular weight excluding hydrogens is 406 g/mol. The fourth-order valence-electron chi connectivity index (χ4n) is 3.57. The molecule has 1 rings (SSSR count). The highest BCUT2D eigenvalue weighted by atomic mass is 16.6. The first kappa shape index (κ1) is 27.5. The van der Waals surface area contributed by atoms with Crippen molar-refractivity contribution in [2.45, 2.75) is 98.4 Å². The van der Waals surface area contributed by atoms with Crippen LogP contribution in [-0.2, 0) is 14.3 Å². The van der Waals surface area contributed by atoms with Gasteiger partial charge in [-0.05, 0) is 65.5 Å². The van der Waals surface area contributed by atoms with E-state index in [-0.39, 0.29) is 17.9 Å². The van der Waals surface area contributed by atoms with Crippen LogP contribution >= 0.6 is 0 Å². The summed E-state index contributed by atoms with van der Waals surface area (Å²) in [6, 6.07) is 5.96. The van der Waals surface area contributed by atoms with E-state index in [1.54, 1.807) is 32.6 Å². The van der Waals surface area contributed by atoms with Crippen LogP contribution in [0.15, 0.2) is 24.3 Å². The zero-order chi connectivity index (χ0) is 24.5. The van der Waals surface area contributed by atoms with Crippen molar-refractivity contribution in [3.8, 4) is 0 Å². The summed E-state index contributed by atoms with van der Waals surface area (Å²) in [6.45, 7) is 15.2. The van der Waals surface area contributed by atoms with Gasteiger partial charge in [-0.15, -0.1) is 0 Å². The van der Waals surface area contributed by atoms with Gasteiger partial charge in [0.05, 0.1) is 0 Å². The number of nitrogens with zero attached hydrogens (tertiary/aromatic N) is 1. The Bertz CT molecular complexity index is 773. The number of alkyl carbamates (subject to hydrolysis) is 1. The summed E-state index contributed by atoms with van der Waals surface area (Å²) < 4.78 is 5.29. The number of benzene rings is 1. The van der Waals surface area contributed by atoms with Crippen LogP contribution < -0.4 is 10.6 Å². The fraction of sp³-hybridized carbons (Fsp3) is 0.640. The molecule has 0 saturated carbocycles. The minimum atomic E-state index is -0.844. The molecule has 0 aliphatic heterocycles. The van der Waals surface area contributed by atoms with Crippen molar-refractivity contribution in [3.05, 3.63) is 35.4 Å². The van der Waals surface area contributed by atoms with Crippen molar-refractivity contribution in [3.63, 3.8) is 0 Å². The number of carbonyl (C=O) groups excluding carboxylic acids is 3. The van der Waals surface area contributed by atoms with Gasteiger partial charge >= 0.3 is 6.09 Å². The minimum Gasteiger partial charge on any atom is -0.444 e. The minimum absolute atomic E-state index is 0.00471. The van der Waals surface area contributed by atoms with E-state index in [2.05, 4.69) is 17.6 Å². The fourth-order valence-corrected chi connectivity index (χ4v) is 3.57. The normalized spacial score (nSPS) is 14.1. The largest absolute Gasteiger partial charge is 0.444 e. The first-order chi connectivity index (χ1) is 14.9. The lowest BCUT2D eigenvalue weighted by atomic mass is 9.97. The van der Waals surface area contributed by atoms with Crippen LogP contribution in [0.25, 0.3) is 0 Å². The molecule has 3 amide bonds. The second kappa shape index (κ2) is 12.5. The maximum atomic E-state index is 13.5. The van der Waals surface area contributed by atoms with E-state index in [1.165, 1.54) is 0 Å². The molecule has 3 unspecified atom stereocenters. The zero-order valence-corrected chi connectivity index (χ0v) is 21.0. The number of amides is 3. The van der Waals surface area contributed by atoms with Crippen molar-refractivity contribution in [1.82, 2.24) is 15.5 Å². The van der Waals surface area contributed by atoms with Crippen molar-refractivity contribution in [2.75, 3.05) is 6.54 Å². The summed E-state index contributed by atoms with van der Waals surface area (Å²) in [4.78, 5) is 40.7. The highest BCUT2D eigenvalue weighted by molar-refractivity contribution is 5.92.